The summed E-state index contributed by atoms with van der Waals surface area (Å²) in [4.78, 5) is 13.7. The van der Waals surface area contributed by atoms with Gasteiger partial charge in [0.05, 0.1) is 9.79 Å². The zero-order chi connectivity index (χ0) is 29.6. The van der Waals surface area contributed by atoms with E-state index in [1.165, 1.54) is 29.3 Å². The Morgan fingerprint density at radius 3 is 2.05 bits per heavy atom. The first-order valence-corrected chi connectivity index (χ1v) is 17.8. The van der Waals surface area contributed by atoms with Gasteiger partial charge in [0.1, 0.15) is 17.4 Å². The lowest BCUT2D eigenvalue weighted by atomic mass is 9.55. The summed E-state index contributed by atoms with van der Waals surface area (Å²) in [5.41, 5.74) is 1.51. The van der Waals surface area contributed by atoms with E-state index < -0.39 is 25.4 Å². The van der Waals surface area contributed by atoms with Crippen molar-refractivity contribution in [3.63, 3.8) is 0 Å². The molecule has 2 aromatic carbocycles. The lowest BCUT2D eigenvalue weighted by Crippen LogP contribution is -2.50. The molecule has 0 aliphatic heterocycles. The Morgan fingerprint density at radius 1 is 0.810 bits per heavy atom. The van der Waals surface area contributed by atoms with Crippen LogP contribution >= 0.6 is 0 Å². The molecule has 4 bridgehead atoms. The Kier molecular flexibility index (Phi) is 6.26. The van der Waals surface area contributed by atoms with Gasteiger partial charge in [-0.2, -0.15) is 0 Å². The number of pyridine rings is 1. The molecule has 0 N–H and O–H groups in total. The van der Waals surface area contributed by atoms with Crippen LogP contribution in [0.5, 0.6) is 5.75 Å². The summed E-state index contributed by atoms with van der Waals surface area (Å²) in [7, 11) is -6.06. The Morgan fingerprint density at radius 2 is 1.43 bits per heavy atom. The number of aryl methyl sites for hydroxylation is 2. The first-order chi connectivity index (χ1) is 19.9. The molecule has 4 aliphatic carbocycles. The van der Waals surface area contributed by atoms with Crippen molar-refractivity contribution in [1.29, 1.82) is 0 Å². The molecule has 10 heteroatoms. The third-order valence-electron chi connectivity index (χ3n) is 9.64. The minimum atomic E-state index is -4.08. The van der Waals surface area contributed by atoms with Crippen LogP contribution in [0.15, 0.2) is 75.5 Å². The first-order valence-electron chi connectivity index (χ1n) is 14.4. The van der Waals surface area contributed by atoms with Crippen LogP contribution in [0.1, 0.15) is 37.7 Å². The molecular weight excluding hydrogens is 572 g/mol. The number of fused-ring (bicyclic) bond motifs is 1. The largest absolute Gasteiger partial charge is 0.489 e. The number of hydrogen-bond donors (Lipinski definition) is 0. The number of sulfone groups is 1. The molecule has 0 saturated heterocycles. The van der Waals surface area contributed by atoms with Gasteiger partial charge in [0, 0.05) is 42.2 Å². The van der Waals surface area contributed by atoms with E-state index in [1.54, 1.807) is 49.6 Å². The van der Waals surface area contributed by atoms with Crippen LogP contribution < -0.4 is 10.3 Å². The number of nitrogens with zero attached hydrogens (tertiary/aromatic N) is 2. The number of hydrogen-bond acceptors (Lipinski definition) is 6. The van der Waals surface area contributed by atoms with Crippen molar-refractivity contribution in [1.82, 2.24) is 8.54 Å². The van der Waals surface area contributed by atoms with Crippen LogP contribution in [-0.2, 0) is 26.9 Å². The topological polar surface area (TPSA) is 104 Å². The maximum atomic E-state index is 13.7. The van der Waals surface area contributed by atoms with Crippen LogP contribution in [-0.4, -0.2) is 37.7 Å². The predicted molar refractivity (Wildman–Crippen MR) is 161 cm³/mol. The summed E-state index contributed by atoms with van der Waals surface area (Å²) in [5.74, 6) is 3.05. The third kappa shape index (κ3) is 4.41. The molecule has 4 aromatic rings. The van der Waals surface area contributed by atoms with Gasteiger partial charge < -0.3 is 9.30 Å². The number of ether oxygens (including phenoxy) is 1. The third-order valence-corrected chi connectivity index (χ3v) is 12.4. The SMILES string of the molecule is Cc1ccc(S(=O)(=O)n2ccc3c(-c4cc(S(C)(=O)=O)ccc4OC4C5CC6CC(C5)CC4C6)cn(C)c(=O)c32)cc1. The van der Waals surface area contributed by atoms with Gasteiger partial charge in [-0.15, -0.1) is 0 Å². The molecule has 0 spiro atoms. The molecule has 8 nitrogen and oxygen atoms in total. The smallest absolute Gasteiger partial charge is 0.275 e. The molecule has 0 amide bonds. The van der Waals surface area contributed by atoms with Gasteiger partial charge in [0.25, 0.3) is 15.6 Å². The molecule has 0 unspecified atom stereocenters. The second kappa shape index (κ2) is 9.57. The Labute approximate surface area is 245 Å². The summed E-state index contributed by atoms with van der Waals surface area (Å²) >= 11 is 0. The summed E-state index contributed by atoms with van der Waals surface area (Å²) in [6, 6.07) is 13.0. The maximum Gasteiger partial charge on any atom is 0.275 e. The zero-order valence-corrected chi connectivity index (χ0v) is 25.5. The molecule has 4 aliphatic rings. The number of rotatable bonds is 6. The molecule has 4 fully saturated rings. The van der Waals surface area contributed by atoms with Gasteiger partial charge in [-0.05, 0) is 99.1 Å². The summed E-state index contributed by atoms with van der Waals surface area (Å²) in [5, 5.41) is 0.411. The Hall–Kier alpha value is -3.37. The second-order valence-electron chi connectivity index (χ2n) is 12.6. The molecule has 0 atom stereocenters. The van der Waals surface area contributed by atoms with Gasteiger partial charge >= 0.3 is 0 Å². The van der Waals surface area contributed by atoms with E-state index in [9.17, 15) is 21.6 Å². The lowest BCUT2D eigenvalue weighted by Gasteiger charge is -2.53. The Balaban J connectivity index is 1.40. The van der Waals surface area contributed by atoms with E-state index in [2.05, 4.69) is 0 Å². The van der Waals surface area contributed by atoms with Crippen molar-refractivity contribution in [2.75, 3.05) is 6.26 Å². The van der Waals surface area contributed by atoms with E-state index >= 15 is 0 Å². The van der Waals surface area contributed by atoms with Crippen LogP contribution in [0.2, 0.25) is 0 Å². The molecule has 2 aromatic heterocycles. The van der Waals surface area contributed by atoms with Crippen LogP contribution in [0.25, 0.3) is 22.0 Å². The lowest BCUT2D eigenvalue weighted by molar-refractivity contribution is -0.0787. The highest BCUT2D eigenvalue weighted by Crippen LogP contribution is 2.55. The van der Waals surface area contributed by atoms with E-state index in [4.69, 9.17) is 4.74 Å². The van der Waals surface area contributed by atoms with Crippen molar-refractivity contribution in [2.24, 2.45) is 30.7 Å². The predicted octanol–water partition coefficient (Wildman–Crippen LogP) is 5.16. The van der Waals surface area contributed by atoms with Crippen molar-refractivity contribution >= 4 is 30.8 Å². The highest BCUT2D eigenvalue weighted by molar-refractivity contribution is 7.90. The van der Waals surface area contributed by atoms with Gasteiger partial charge in [-0.25, -0.2) is 20.8 Å². The van der Waals surface area contributed by atoms with Gasteiger partial charge in [0.2, 0.25) is 0 Å². The van der Waals surface area contributed by atoms with E-state index in [1.807, 2.05) is 6.92 Å². The fourth-order valence-corrected chi connectivity index (χ4v) is 9.83. The van der Waals surface area contributed by atoms with Gasteiger partial charge in [0.15, 0.2) is 9.84 Å². The number of aromatic nitrogens is 2. The van der Waals surface area contributed by atoms with Crippen molar-refractivity contribution in [3.8, 4) is 16.9 Å². The number of benzene rings is 2. The van der Waals surface area contributed by atoms with Crippen LogP contribution in [0.4, 0.5) is 0 Å². The van der Waals surface area contributed by atoms with Crippen molar-refractivity contribution < 1.29 is 21.6 Å². The maximum absolute atomic E-state index is 13.7. The second-order valence-corrected chi connectivity index (χ2v) is 16.4. The minimum absolute atomic E-state index is 0.000840. The average Bonchev–Trinajstić information content (AvgIpc) is 3.39. The minimum Gasteiger partial charge on any atom is -0.489 e. The van der Waals surface area contributed by atoms with Gasteiger partial charge in [-0.3, -0.25) is 4.79 Å². The highest BCUT2D eigenvalue weighted by atomic mass is 32.2. The average molecular weight is 607 g/mol. The van der Waals surface area contributed by atoms with Crippen molar-refractivity contribution in [2.45, 2.75) is 54.9 Å². The summed E-state index contributed by atoms with van der Waals surface area (Å²) < 4.78 is 61.9. The molecular formula is C32H34N2O6S2. The molecule has 220 valence electrons. The van der Waals surface area contributed by atoms with Crippen LogP contribution in [0, 0.1) is 30.6 Å². The van der Waals surface area contributed by atoms with E-state index in [0.717, 1.165) is 53.3 Å². The summed E-state index contributed by atoms with van der Waals surface area (Å²) in [6.45, 7) is 1.87. The highest BCUT2D eigenvalue weighted by Gasteiger charge is 2.49. The van der Waals surface area contributed by atoms with E-state index in [0.29, 0.717) is 34.1 Å². The Bertz CT molecular complexity index is 1980. The first kappa shape index (κ1) is 27.5. The van der Waals surface area contributed by atoms with Crippen molar-refractivity contribution in [3.05, 3.63) is 76.8 Å². The molecule has 4 saturated carbocycles. The fourth-order valence-electron chi connectivity index (χ4n) is 7.84. The zero-order valence-electron chi connectivity index (χ0n) is 23.9. The van der Waals surface area contributed by atoms with E-state index in [-0.39, 0.29) is 21.4 Å². The normalized spacial score (nSPS) is 25.3. The quantitative estimate of drug-likeness (QED) is 0.300. The monoisotopic (exact) mass is 606 g/mol. The van der Waals surface area contributed by atoms with Crippen LogP contribution in [0.3, 0.4) is 0 Å². The standard InChI is InChI=1S/C32H34N2O6S2/c1-19-4-6-24(7-5-19)42(38,39)34-11-10-26-28(18-33(2)32(35)30(26)34)27-17-25(41(3,36)37)8-9-29(27)40-31-22-13-20-12-21(15-22)16-23(31)14-20/h4-11,17-18,20-23,31H,12-16H2,1-3H3. The fraction of sp³-hybridized carbons (Fsp3) is 0.406. The molecule has 2 heterocycles. The molecule has 42 heavy (non-hydrogen) atoms. The van der Waals surface area contributed by atoms with Gasteiger partial charge in [-0.1, -0.05) is 17.7 Å². The summed E-state index contributed by atoms with van der Waals surface area (Å²) in [6.07, 6.45) is 10.2. The molecule has 0 radical (unpaired) electrons. The molecule has 8 rings (SSSR count).